The van der Waals surface area contributed by atoms with Gasteiger partial charge in [0.25, 0.3) is 0 Å². The summed E-state index contributed by atoms with van der Waals surface area (Å²) in [4.78, 5) is 2.53. The van der Waals surface area contributed by atoms with Gasteiger partial charge < -0.3 is 10.2 Å². The van der Waals surface area contributed by atoms with Crippen LogP contribution in [0.1, 0.15) is 51.1 Å². The molecular formula is C18H29FN2. The lowest BCUT2D eigenvalue weighted by Crippen LogP contribution is -2.35. The highest BCUT2D eigenvalue weighted by Crippen LogP contribution is 2.22. The molecule has 1 unspecified atom stereocenters. The summed E-state index contributed by atoms with van der Waals surface area (Å²) >= 11 is 0. The number of hydrogen-bond acceptors (Lipinski definition) is 2. The van der Waals surface area contributed by atoms with Crippen molar-refractivity contribution < 1.29 is 4.39 Å². The van der Waals surface area contributed by atoms with Gasteiger partial charge in [-0.05, 0) is 63.8 Å². The Kier molecular flexibility index (Phi) is 6.65. The van der Waals surface area contributed by atoms with Gasteiger partial charge in [-0.3, -0.25) is 0 Å². The standard InChI is InChI=1S/C18H29FN2/c1-3-11-20-18(16-6-4-5-7-17(16)19)10-14-21-12-8-15(2)9-13-21/h4-7,15,18,20H,3,8-14H2,1-2H3. The molecule has 0 saturated carbocycles. The molecule has 1 aliphatic rings. The number of hydrogen-bond donors (Lipinski definition) is 1. The van der Waals surface area contributed by atoms with E-state index in [0.717, 1.165) is 37.4 Å². The third-order valence-corrected chi connectivity index (χ3v) is 4.53. The van der Waals surface area contributed by atoms with Crippen molar-refractivity contribution in [3.63, 3.8) is 0 Å². The van der Waals surface area contributed by atoms with Gasteiger partial charge in [0.05, 0.1) is 0 Å². The summed E-state index contributed by atoms with van der Waals surface area (Å²) in [7, 11) is 0. The molecule has 1 atom stereocenters. The number of benzene rings is 1. The Morgan fingerprint density at radius 2 is 2.00 bits per heavy atom. The zero-order valence-corrected chi connectivity index (χ0v) is 13.4. The monoisotopic (exact) mass is 292 g/mol. The SMILES string of the molecule is CCCNC(CCN1CCC(C)CC1)c1ccccc1F. The summed E-state index contributed by atoms with van der Waals surface area (Å²) in [6.45, 7) is 8.87. The molecule has 0 aliphatic carbocycles. The van der Waals surface area contributed by atoms with Crippen LogP contribution in [0.15, 0.2) is 24.3 Å². The Morgan fingerprint density at radius 1 is 1.29 bits per heavy atom. The molecule has 118 valence electrons. The van der Waals surface area contributed by atoms with Crippen molar-refractivity contribution in [3.8, 4) is 0 Å². The van der Waals surface area contributed by atoms with Gasteiger partial charge in [0.1, 0.15) is 5.82 Å². The summed E-state index contributed by atoms with van der Waals surface area (Å²) < 4.78 is 14.0. The van der Waals surface area contributed by atoms with E-state index in [4.69, 9.17) is 0 Å². The van der Waals surface area contributed by atoms with E-state index in [0.29, 0.717) is 0 Å². The second-order valence-corrected chi connectivity index (χ2v) is 6.34. The average molecular weight is 292 g/mol. The normalized spacial score (nSPS) is 18.8. The van der Waals surface area contributed by atoms with Crippen LogP contribution in [0.4, 0.5) is 4.39 Å². The maximum absolute atomic E-state index is 14.0. The van der Waals surface area contributed by atoms with Crippen molar-refractivity contribution in [2.45, 2.75) is 45.6 Å². The van der Waals surface area contributed by atoms with Crippen molar-refractivity contribution in [1.82, 2.24) is 10.2 Å². The highest BCUT2D eigenvalue weighted by Gasteiger charge is 2.19. The summed E-state index contributed by atoms with van der Waals surface area (Å²) in [5, 5.41) is 3.51. The number of rotatable bonds is 7. The van der Waals surface area contributed by atoms with Crippen molar-refractivity contribution in [2.24, 2.45) is 5.92 Å². The lowest BCUT2D eigenvalue weighted by Gasteiger charge is -2.31. The molecule has 2 nitrogen and oxygen atoms in total. The van der Waals surface area contributed by atoms with Crippen molar-refractivity contribution in [1.29, 1.82) is 0 Å². The predicted octanol–water partition coefficient (Wildman–Crippen LogP) is 3.99. The number of piperidine rings is 1. The van der Waals surface area contributed by atoms with Gasteiger partial charge in [-0.25, -0.2) is 4.39 Å². The molecule has 1 heterocycles. The van der Waals surface area contributed by atoms with Crippen LogP contribution in [0.5, 0.6) is 0 Å². The van der Waals surface area contributed by atoms with Crippen LogP contribution in [-0.2, 0) is 0 Å². The van der Waals surface area contributed by atoms with Crippen molar-refractivity contribution >= 4 is 0 Å². The van der Waals surface area contributed by atoms with Crippen LogP contribution in [-0.4, -0.2) is 31.1 Å². The second kappa shape index (κ2) is 8.50. The largest absolute Gasteiger partial charge is 0.310 e. The lowest BCUT2D eigenvalue weighted by molar-refractivity contribution is 0.184. The minimum absolute atomic E-state index is 0.0848. The fourth-order valence-electron chi connectivity index (χ4n) is 3.04. The third kappa shape index (κ3) is 5.08. The first-order valence-electron chi connectivity index (χ1n) is 8.41. The number of halogens is 1. The zero-order valence-electron chi connectivity index (χ0n) is 13.4. The molecule has 1 N–H and O–H groups in total. The first-order chi connectivity index (χ1) is 10.2. The third-order valence-electron chi connectivity index (χ3n) is 4.53. The van der Waals surface area contributed by atoms with Crippen LogP contribution >= 0.6 is 0 Å². The molecule has 1 aromatic rings. The fraction of sp³-hybridized carbons (Fsp3) is 0.667. The molecule has 0 radical (unpaired) electrons. The second-order valence-electron chi connectivity index (χ2n) is 6.34. The first-order valence-corrected chi connectivity index (χ1v) is 8.41. The minimum atomic E-state index is -0.0848. The molecule has 1 saturated heterocycles. The molecule has 21 heavy (non-hydrogen) atoms. The zero-order chi connectivity index (χ0) is 15.1. The molecule has 3 heteroatoms. The first kappa shape index (κ1) is 16.4. The number of nitrogens with one attached hydrogen (secondary N) is 1. The molecule has 0 amide bonds. The van der Waals surface area contributed by atoms with E-state index < -0.39 is 0 Å². The smallest absolute Gasteiger partial charge is 0.127 e. The quantitative estimate of drug-likeness (QED) is 0.817. The van der Waals surface area contributed by atoms with E-state index in [1.165, 1.54) is 25.9 Å². The number of likely N-dealkylation sites (tertiary alicyclic amines) is 1. The van der Waals surface area contributed by atoms with Gasteiger partial charge in [-0.15, -0.1) is 0 Å². The van der Waals surface area contributed by atoms with Gasteiger partial charge in [-0.1, -0.05) is 32.0 Å². The van der Waals surface area contributed by atoms with Gasteiger partial charge in [0, 0.05) is 11.6 Å². The van der Waals surface area contributed by atoms with Crippen molar-refractivity contribution in [3.05, 3.63) is 35.6 Å². The number of nitrogens with zero attached hydrogens (tertiary/aromatic N) is 1. The van der Waals surface area contributed by atoms with E-state index in [-0.39, 0.29) is 11.9 Å². The van der Waals surface area contributed by atoms with Gasteiger partial charge in [0.2, 0.25) is 0 Å². The van der Waals surface area contributed by atoms with Crippen LogP contribution in [0.25, 0.3) is 0 Å². The summed E-state index contributed by atoms with van der Waals surface area (Å²) in [5.74, 6) is 0.778. The topological polar surface area (TPSA) is 15.3 Å². The van der Waals surface area contributed by atoms with E-state index in [2.05, 4.69) is 24.1 Å². The van der Waals surface area contributed by atoms with Crippen LogP contribution in [0, 0.1) is 11.7 Å². The predicted molar refractivity (Wildman–Crippen MR) is 86.9 cm³/mol. The molecule has 1 fully saturated rings. The Labute approximate surface area is 128 Å². The van der Waals surface area contributed by atoms with E-state index in [9.17, 15) is 4.39 Å². The molecule has 1 aliphatic heterocycles. The minimum Gasteiger partial charge on any atom is -0.310 e. The summed E-state index contributed by atoms with van der Waals surface area (Å²) in [6.07, 6.45) is 4.65. The molecule has 0 spiro atoms. The summed E-state index contributed by atoms with van der Waals surface area (Å²) in [6, 6.07) is 7.31. The average Bonchev–Trinajstić information content (AvgIpc) is 2.50. The van der Waals surface area contributed by atoms with E-state index in [1.807, 2.05) is 12.1 Å². The van der Waals surface area contributed by atoms with Gasteiger partial charge in [-0.2, -0.15) is 0 Å². The molecule has 1 aromatic carbocycles. The molecular weight excluding hydrogens is 263 g/mol. The van der Waals surface area contributed by atoms with Gasteiger partial charge in [0.15, 0.2) is 0 Å². The van der Waals surface area contributed by atoms with Crippen LogP contribution < -0.4 is 5.32 Å². The van der Waals surface area contributed by atoms with Crippen molar-refractivity contribution in [2.75, 3.05) is 26.2 Å². The highest BCUT2D eigenvalue weighted by atomic mass is 19.1. The van der Waals surface area contributed by atoms with Crippen LogP contribution in [0.2, 0.25) is 0 Å². The Hall–Kier alpha value is -0.930. The summed E-state index contributed by atoms with van der Waals surface area (Å²) in [5.41, 5.74) is 0.816. The maximum Gasteiger partial charge on any atom is 0.127 e. The molecule has 0 aromatic heterocycles. The Morgan fingerprint density at radius 3 is 2.67 bits per heavy atom. The molecule has 2 rings (SSSR count). The fourth-order valence-corrected chi connectivity index (χ4v) is 3.04. The Balaban J connectivity index is 1.92. The van der Waals surface area contributed by atoms with Crippen LogP contribution in [0.3, 0.4) is 0 Å². The molecule has 0 bridgehead atoms. The highest BCUT2D eigenvalue weighted by molar-refractivity contribution is 5.21. The van der Waals surface area contributed by atoms with E-state index in [1.54, 1.807) is 12.1 Å². The lowest BCUT2D eigenvalue weighted by atomic mass is 9.98. The maximum atomic E-state index is 14.0. The Bertz CT molecular complexity index is 413. The van der Waals surface area contributed by atoms with E-state index >= 15 is 0 Å². The van der Waals surface area contributed by atoms with Gasteiger partial charge >= 0.3 is 0 Å².